The zero-order valence-electron chi connectivity index (χ0n) is 10.7. The fourth-order valence-electron chi connectivity index (χ4n) is 1.52. The van der Waals surface area contributed by atoms with Crippen molar-refractivity contribution in [2.24, 2.45) is 5.92 Å². The Morgan fingerprint density at radius 1 is 1.56 bits per heavy atom. The molecule has 1 aromatic carbocycles. The first-order chi connectivity index (χ1) is 8.45. The van der Waals surface area contributed by atoms with Crippen LogP contribution in [0.4, 0.5) is 10.1 Å². The van der Waals surface area contributed by atoms with Crippen LogP contribution in [0, 0.1) is 18.7 Å². The standard InChI is InChI=1S/C13H19FN2O2/c1-8(3-4-17)7-16-13(18)10-5-11(14)9(2)12(15)6-10/h5-6,8,17H,3-4,7,15H2,1-2H3,(H,16,18). The first-order valence-corrected chi connectivity index (χ1v) is 5.90. The predicted octanol–water partition coefficient (Wildman–Crippen LogP) is 1.46. The number of hydrogen-bond donors (Lipinski definition) is 3. The van der Waals surface area contributed by atoms with Crippen molar-refractivity contribution in [1.29, 1.82) is 0 Å². The molecule has 1 rings (SSSR count). The minimum Gasteiger partial charge on any atom is -0.398 e. The normalized spacial score (nSPS) is 12.2. The number of benzene rings is 1. The molecule has 1 amide bonds. The van der Waals surface area contributed by atoms with E-state index in [9.17, 15) is 9.18 Å². The molecule has 5 heteroatoms. The fraction of sp³-hybridized carbons (Fsp3) is 0.462. The third kappa shape index (κ3) is 3.70. The number of carbonyl (C=O) groups is 1. The molecule has 0 aromatic heterocycles. The van der Waals surface area contributed by atoms with Gasteiger partial charge in [0, 0.05) is 30.0 Å². The first kappa shape index (κ1) is 14.4. The Morgan fingerprint density at radius 2 is 2.22 bits per heavy atom. The molecule has 0 fully saturated rings. The predicted molar refractivity (Wildman–Crippen MR) is 68.7 cm³/mol. The van der Waals surface area contributed by atoms with Gasteiger partial charge < -0.3 is 16.2 Å². The van der Waals surface area contributed by atoms with Crippen LogP contribution in [0.1, 0.15) is 29.3 Å². The zero-order chi connectivity index (χ0) is 13.7. The molecule has 4 N–H and O–H groups in total. The summed E-state index contributed by atoms with van der Waals surface area (Å²) in [5.74, 6) is -0.666. The van der Waals surface area contributed by atoms with Crippen LogP contribution in [0.5, 0.6) is 0 Å². The van der Waals surface area contributed by atoms with E-state index in [-0.39, 0.29) is 29.7 Å². The number of anilines is 1. The number of amides is 1. The number of rotatable bonds is 5. The van der Waals surface area contributed by atoms with E-state index in [1.54, 1.807) is 6.92 Å². The summed E-state index contributed by atoms with van der Waals surface area (Å²) < 4.78 is 13.4. The van der Waals surface area contributed by atoms with Gasteiger partial charge in [0.05, 0.1) is 0 Å². The molecule has 0 aliphatic carbocycles. The SMILES string of the molecule is Cc1c(N)cc(C(=O)NCC(C)CCO)cc1F. The van der Waals surface area contributed by atoms with Crippen molar-refractivity contribution in [3.63, 3.8) is 0 Å². The van der Waals surface area contributed by atoms with Crippen molar-refractivity contribution in [1.82, 2.24) is 5.32 Å². The molecule has 0 saturated carbocycles. The Labute approximate surface area is 106 Å². The lowest BCUT2D eigenvalue weighted by atomic mass is 10.1. The zero-order valence-corrected chi connectivity index (χ0v) is 10.7. The molecular formula is C13H19FN2O2. The Bertz CT molecular complexity index is 412. The van der Waals surface area contributed by atoms with Crippen LogP contribution in [0.15, 0.2) is 12.1 Å². The van der Waals surface area contributed by atoms with E-state index in [2.05, 4.69) is 5.32 Å². The highest BCUT2D eigenvalue weighted by Gasteiger charge is 2.11. The van der Waals surface area contributed by atoms with Crippen LogP contribution in [0.25, 0.3) is 0 Å². The summed E-state index contributed by atoms with van der Waals surface area (Å²) in [6, 6.07) is 2.64. The van der Waals surface area contributed by atoms with Gasteiger partial charge in [-0.25, -0.2) is 4.39 Å². The summed E-state index contributed by atoms with van der Waals surface area (Å²) in [7, 11) is 0. The van der Waals surface area contributed by atoms with Gasteiger partial charge in [-0.15, -0.1) is 0 Å². The van der Waals surface area contributed by atoms with Crippen LogP contribution < -0.4 is 11.1 Å². The van der Waals surface area contributed by atoms with Gasteiger partial charge in [0.15, 0.2) is 0 Å². The van der Waals surface area contributed by atoms with Gasteiger partial charge in [0.25, 0.3) is 5.91 Å². The highest BCUT2D eigenvalue weighted by Crippen LogP contribution is 2.17. The minimum absolute atomic E-state index is 0.0865. The van der Waals surface area contributed by atoms with E-state index in [1.807, 2.05) is 6.92 Å². The molecule has 0 aliphatic heterocycles. The summed E-state index contributed by atoms with van der Waals surface area (Å²) >= 11 is 0. The average molecular weight is 254 g/mol. The van der Waals surface area contributed by atoms with Crippen molar-refractivity contribution in [2.75, 3.05) is 18.9 Å². The second-order valence-corrected chi connectivity index (χ2v) is 4.50. The molecule has 0 radical (unpaired) electrons. The second-order valence-electron chi connectivity index (χ2n) is 4.50. The lowest BCUT2D eigenvalue weighted by Crippen LogP contribution is -2.28. The second kappa shape index (κ2) is 6.35. The molecule has 0 saturated heterocycles. The van der Waals surface area contributed by atoms with Crippen molar-refractivity contribution >= 4 is 11.6 Å². The highest BCUT2D eigenvalue weighted by molar-refractivity contribution is 5.95. The van der Waals surface area contributed by atoms with Gasteiger partial charge >= 0.3 is 0 Å². The fourth-order valence-corrected chi connectivity index (χ4v) is 1.52. The van der Waals surface area contributed by atoms with Crippen LogP contribution in [-0.4, -0.2) is 24.2 Å². The summed E-state index contributed by atoms with van der Waals surface area (Å²) in [6.07, 6.45) is 0.616. The third-order valence-electron chi connectivity index (χ3n) is 2.88. The smallest absolute Gasteiger partial charge is 0.251 e. The first-order valence-electron chi connectivity index (χ1n) is 5.90. The van der Waals surface area contributed by atoms with E-state index in [1.165, 1.54) is 12.1 Å². The van der Waals surface area contributed by atoms with E-state index in [4.69, 9.17) is 10.8 Å². The molecule has 18 heavy (non-hydrogen) atoms. The van der Waals surface area contributed by atoms with E-state index >= 15 is 0 Å². The quantitative estimate of drug-likeness (QED) is 0.696. The van der Waals surface area contributed by atoms with E-state index in [0.717, 1.165) is 0 Å². The summed E-state index contributed by atoms with van der Waals surface area (Å²) in [5.41, 5.74) is 6.44. The Hall–Kier alpha value is -1.62. The Balaban J connectivity index is 2.67. The average Bonchev–Trinajstić information content (AvgIpc) is 2.32. The topological polar surface area (TPSA) is 75.4 Å². The molecular weight excluding hydrogens is 235 g/mol. The number of aliphatic hydroxyl groups excluding tert-OH is 1. The molecule has 4 nitrogen and oxygen atoms in total. The molecule has 0 bridgehead atoms. The number of halogens is 1. The van der Waals surface area contributed by atoms with Crippen molar-refractivity contribution in [3.05, 3.63) is 29.1 Å². The molecule has 0 heterocycles. The van der Waals surface area contributed by atoms with Gasteiger partial charge in [-0.2, -0.15) is 0 Å². The highest BCUT2D eigenvalue weighted by atomic mass is 19.1. The number of carbonyl (C=O) groups excluding carboxylic acids is 1. The number of nitrogen functional groups attached to an aromatic ring is 1. The van der Waals surface area contributed by atoms with E-state index < -0.39 is 5.82 Å². The summed E-state index contributed by atoms with van der Waals surface area (Å²) in [5, 5.41) is 11.4. The van der Waals surface area contributed by atoms with Crippen LogP contribution in [-0.2, 0) is 0 Å². The maximum atomic E-state index is 13.4. The Kier molecular flexibility index (Phi) is 5.09. The lowest BCUT2D eigenvalue weighted by molar-refractivity contribution is 0.0945. The third-order valence-corrected chi connectivity index (χ3v) is 2.88. The molecule has 1 unspecified atom stereocenters. The van der Waals surface area contributed by atoms with Crippen molar-refractivity contribution < 1.29 is 14.3 Å². The number of nitrogens with one attached hydrogen (secondary N) is 1. The van der Waals surface area contributed by atoms with Gasteiger partial charge in [-0.1, -0.05) is 6.92 Å². The summed E-state index contributed by atoms with van der Waals surface area (Å²) in [6.45, 7) is 4.01. The summed E-state index contributed by atoms with van der Waals surface area (Å²) in [4.78, 5) is 11.8. The molecule has 0 spiro atoms. The van der Waals surface area contributed by atoms with Crippen molar-refractivity contribution in [2.45, 2.75) is 20.3 Å². The molecule has 1 aromatic rings. The van der Waals surface area contributed by atoms with Crippen LogP contribution >= 0.6 is 0 Å². The molecule has 1 atom stereocenters. The molecule has 100 valence electrons. The lowest BCUT2D eigenvalue weighted by Gasteiger charge is -2.12. The van der Waals surface area contributed by atoms with Gasteiger partial charge in [-0.05, 0) is 31.4 Å². The molecule has 0 aliphatic rings. The maximum Gasteiger partial charge on any atom is 0.251 e. The van der Waals surface area contributed by atoms with Crippen LogP contribution in [0.3, 0.4) is 0 Å². The number of nitrogens with two attached hydrogens (primary N) is 1. The monoisotopic (exact) mass is 254 g/mol. The van der Waals surface area contributed by atoms with Gasteiger partial charge in [-0.3, -0.25) is 4.79 Å². The van der Waals surface area contributed by atoms with Crippen LogP contribution in [0.2, 0.25) is 0 Å². The minimum atomic E-state index is -0.483. The maximum absolute atomic E-state index is 13.4. The van der Waals surface area contributed by atoms with E-state index in [0.29, 0.717) is 18.5 Å². The number of hydrogen-bond acceptors (Lipinski definition) is 3. The Morgan fingerprint density at radius 3 is 2.78 bits per heavy atom. The van der Waals surface area contributed by atoms with Gasteiger partial charge in [0.2, 0.25) is 0 Å². The van der Waals surface area contributed by atoms with Crippen molar-refractivity contribution in [3.8, 4) is 0 Å². The number of aliphatic hydroxyl groups is 1. The van der Waals surface area contributed by atoms with Gasteiger partial charge in [0.1, 0.15) is 5.82 Å². The largest absolute Gasteiger partial charge is 0.398 e.